The molecule has 148 valence electrons. The summed E-state index contributed by atoms with van der Waals surface area (Å²) in [5.74, 6) is -3.47. The Morgan fingerprint density at radius 2 is 1.89 bits per heavy atom. The summed E-state index contributed by atoms with van der Waals surface area (Å²) in [6, 6.07) is 12.2. The fourth-order valence-electron chi connectivity index (χ4n) is 3.14. The number of hydrogen-bond donors (Lipinski definition) is 1. The Kier molecular flexibility index (Phi) is 6.61. The third kappa shape index (κ3) is 5.28. The lowest BCUT2D eigenvalue weighted by Gasteiger charge is -2.17. The van der Waals surface area contributed by atoms with Crippen LogP contribution in [0.1, 0.15) is 22.3 Å². The van der Waals surface area contributed by atoms with Gasteiger partial charge in [-0.05, 0) is 29.8 Å². The van der Waals surface area contributed by atoms with E-state index >= 15 is 0 Å². The van der Waals surface area contributed by atoms with E-state index in [4.69, 9.17) is 0 Å². The molecule has 1 aliphatic rings. The monoisotopic (exact) mass is 408 g/mol. The number of likely N-dealkylation sites (tertiary alicyclic amines) is 1. The topological polar surface area (TPSA) is 49.4 Å². The summed E-state index contributed by atoms with van der Waals surface area (Å²) in [7, 11) is 0. The molecule has 3 rings (SSSR count). The molecule has 0 aliphatic carbocycles. The number of nitrogens with zero attached hydrogens (tertiary/aromatic N) is 1. The van der Waals surface area contributed by atoms with Gasteiger partial charge in [0.2, 0.25) is 5.91 Å². The van der Waals surface area contributed by atoms with E-state index < -0.39 is 11.7 Å². The fraction of sp³-hybridized carbons (Fsp3) is 0.300. The average molecular weight is 408 g/mol. The highest BCUT2D eigenvalue weighted by molar-refractivity contribution is 7.99. The minimum atomic E-state index is -2.61. The third-order valence-corrected chi connectivity index (χ3v) is 5.27. The van der Waals surface area contributed by atoms with Crippen LogP contribution in [-0.4, -0.2) is 35.6 Å². The van der Waals surface area contributed by atoms with Crippen LogP contribution in [0.25, 0.3) is 0 Å². The maximum atomic E-state index is 13.0. The molecular weight excluding hydrogens is 389 g/mol. The summed E-state index contributed by atoms with van der Waals surface area (Å²) in [6.07, 6.45) is 0.301. The third-order valence-electron chi connectivity index (χ3n) is 4.48. The molecule has 0 radical (unpaired) electrons. The highest BCUT2D eigenvalue weighted by Crippen LogP contribution is 2.28. The summed E-state index contributed by atoms with van der Waals surface area (Å²) >= 11 is 0.331. The van der Waals surface area contributed by atoms with E-state index in [1.54, 1.807) is 29.2 Å². The number of benzene rings is 2. The normalized spacial score (nSPS) is 16.6. The summed E-state index contributed by atoms with van der Waals surface area (Å²) in [5, 5.41) is 2.74. The van der Waals surface area contributed by atoms with Gasteiger partial charge in [0.15, 0.2) is 0 Å². The van der Waals surface area contributed by atoms with Crippen molar-refractivity contribution in [1.82, 2.24) is 10.2 Å². The SMILES string of the molecule is O=C(NCC1CC(=O)N(Cc2ccc(F)cc2)C1)c1ccccc1SC(F)F. The Morgan fingerprint density at radius 1 is 1.18 bits per heavy atom. The number of rotatable bonds is 7. The number of carbonyl (C=O) groups is 2. The standard InChI is InChI=1S/C20H19F3N2O2S/c21-15-7-5-13(6-8-15)11-25-12-14(9-18(25)26)10-24-19(27)16-3-1-2-4-17(16)28-20(22)23/h1-8,14,20H,9-12H2,(H,24,27). The van der Waals surface area contributed by atoms with E-state index in [9.17, 15) is 22.8 Å². The highest BCUT2D eigenvalue weighted by atomic mass is 32.2. The lowest BCUT2D eigenvalue weighted by molar-refractivity contribution is -0.128. The molecule has 28 heavy (non-hydrogen) atoms. The first-order chi connectivity index (χ1) is 13.4. The van der Waals surface area contributed by atoms with Gasteiger partial charge in [-0.2, -0.15) is 8.78 Å². The van der Waals surface area contributed by atoms with Crippen LogP contribution in [0.15, 0.2) is 53.4 Å². The van der Waals surface area contributed by atoms with E-state index in [1.807, 2.05) is 0 Å². The molecule has 2 aromatic rings. The van der Waals surface area contributed by atoms with Gasteiger partial charge < -0.3 is 10.2 Å². The Labute approximate surface area is 165 Å². The van der Waals surface area contributed by atoms with Crippen molar-refractivity contribution in [1.29, 1.82) is 0 Å². The van der Waals surface area contributed by atoms with E-state index in [2.05, 4.69) is 5.32 Å². The summed E-state index contributed by atoms with van der Waals surface area (Å²) in [5.41, 5.74) is 1.03. The van der Waals surface area contributed by atoms with Crippen LogP contribution < -0.4 is 5.32 Å². The highest BCUT2D eigenvalue weighted by Gasteiger charge is 2.30. The number of nitrogens with one attached hydrogen (secondary N) is 1. The van der Waals surface area contributed by atoms with Crippen LogP contribution in [0.2, 0.25) is 0 Å². The molecule has 2 aromatic carbocycles. The van der Waals surface area contributed by atoms with Crippen molar-refractivity contribution in [2.45, 2.75) is 23.6 Å². The summed E-state index contributed by atoms with van der Waals surface area (Å²) in [4.78, 5) is 26.5. The van der Waals surface area contributed by atoms with Gasteiger partial charge in [-0.3, -0.25) is 9.59 Å². The molecule has 1 N–H and O–H groups in total. The predicted molar refractivity (Wildman–Crippen MR) is 101 cm³/mol. The largest absolute Gasteiger partial charge is 0.352 e. The van der Waals surface area contributed by atoms with Gasteiger partial charge in [0.25, 0.3) is 11.7 Å². The van der Waals surface area contributed by atoms with Crippen molar-refractivity contribution in [2.75, 3.05) is 13.1 Å². The molecule has 2 amide bonds. The van der Waals surface area contributed by atoms with E-state index in [0.29, 0.717) is 31.3 Å². The zero-order valence-electron chi connectivity index (χ0n) is 14.9. The van der Waals surface area contributed by atoms with Gasteiger partial charge in [0.1, 0.15) is 5.82 Å². The molecular formula is C20H19F3N2O2S. The second-order valence-electron chi connectivity index (χ2n) is 6.56. The zero-order valence-corrected chi connectivity index (χ0v) is 15.7. The maximum Gasteiger partial charge on any atom is 0.288 e. The van der Waals surface area contributed by atoms with E-state index in [0.717, 1.165) is 5.56 Å². The number of carbonyl (C=O) groups excluding carboxylic acids is 2. The van der Waals surface area contributed by atoms with Gasteiger partial charge >= 0.3 is 0 Å². The van der Waals surface area contributed by atoms with Crippen LogP contribution in [0, 0.1) is 11.7 Å². The molecule has 4 nitrogen and oxygen atoms in total. The quantitative estimate of drug-likeness (QED) is 0.707. The summed E-state index contributed by atoms with van der Waals surface area (Å²) in [6.45, 7) is 1.14. The summed E-state index contributed by atoms with van der Waals surface area (Å²) < 4.78 is 38.3. The van der Waals surface area contributed by atoms with Crippen molar-refractivity contribution in [3.05, 3.63) is 65.5 Å². The molecule has 0 aromatic heterocycles. The molecule has 1 saturated heterocycles. The Bertz CT molecular complexity index is 846. The Morgan fingerprint density at radius 3 is 2.61 bits per heavy atom. The van der Waals surface area contributed by atoms with Gasteiger partial charge in [0, 0.05) is 36.9 Å². The average Bonchev–Trinajstić information content (AvgIpc) is 3.01. The number of hydrogen-bond acceptors (Lipinski definition) is 3. The molecule has 0 bridgehead atoms. The fourth-order valence-corrected chi connectivity index (χ4v) is 3.78. The minimum absolute atomic E-state index is 0.0303. The Balaban J connectivity index is 1.55. The van der Waals surface area contributed by atoms with Crippen molar-refractivity contribution < 1.29 is 22.8 Å². The molecule has 1 heterocycles. The Hall–Kier alpha value is -2.48. The first kappa shape index (κ1) is 20.3. The second kappa shape index (κ2) is 9.14. The van der Waals surface area contributed by atoms with Gasteiger partial charge in [-0.25, -0.2) is 4.39 Å². The molecule has 1 fully saturated rings. The van der Waals surface area contributed by atoms with Crippen LogP contribution in [-0.2, 0) is 11.3 Å². The first-order valence-electron chi connectivity index (χ1n) is 8.76. The predicted octanol–water partition coefficient (Wildman–Crippen LogP) is 3.92. The van der Waals surface area contributed by atoms with Crippen LogP contribution in [0.4, 0.5) is 13.2 Å². The van der Waals surface area contributed by atoms with E-state index in [1.165, 1.54) is 24.3 Å². The van der Waals surface area contributed by atoms with Gasteiger partial charge in [-0.1, -0.05) is 36.0 Å². The van der Waals surface area contributed by atoms with Crippen LogP contribution in [0.5, 0.6) is 0 Å². The van der Waals surface area contributed by atoms with Gasteiger partial charge in [-0.15, -0.1) is 0 Å². The number of alkyl halides is 2. The smallest absolute Gasteiger partial charge is 0.288 e. The van der Waals surface area contributed by atoms with Crippen molar-refractivity contribution in [2.24, 2.45) is 5.92 Å². The molecule has 1 aliphatic heterocycles. The zero-order chi connectivity index (χ0) is 20.1. The first-order valence-corrected chi connectivity index (χ1v) is 9.64. The van der Waals surface area contributed by atoms with Crippen LogP contribution in [0.3, 0.4) is 0 Å². The molecule has 0 spiro atoms. The van der Waals surface area contributed by atoms with Gasteiger partial charge in [0.05, 0.1) is 5.56 Å². The van der Waals surface area contributed by atoms with Crippen molar-refractivity contribution in [3.8, 4) is 0 Å². The number of thioether (sulfide) groups is 1. The molecule has 8 heteroatoms. The number of amides is 2. The number of halogens is 3. The lowest BCUT2D eigenvalue weighted by Crippen LogP contribution is -2.31. The van der Waals surface area contributed by atoms with Crippen LogP contribution >= 0.6 is 11.8 Å². The van der Waals surface area contributed by atoms with Crippen molar-refractivity contribution >= 4 is 23.6 Å². The minimum Gasteiger partial charge on any atom is -0.352 e. The van der Waals surface area contributed by atoms with E-state index in [-0.39, 0.29) is 34.6 Å². The maximum absolute atomic E-state index is 13.0. The molecule has 1 unspecified atom stereocenters. The second-order valence-corrected chi connectivity index (χ2v) is 7.59. The molecule has 0 saturated carbocycles. The van der Waals surface area contributed by atoms with Crippen molar-refractivity contribution in [3.63, 3.8) is 0 Å². The lowest BCUT2D eigenvalue weighted by atomic mass is 10.1. The molecule has 1 atom stereocenters.